The van der Waals surface area contributed by atoms with Gasteiger partial charge in [0.25, 0.3) is 0 Å². The lowest BCUT2D eigenvalue weighted by Gasteiger charge is -2.26. The van der Waals surface area contributed by atoms with Crippen LogP contribution in [0.25, 0.3) is 0 Å². The molecule has 2 heteroatoms. The predicted octanol–water partition coefficient (Wildman–Crippen LogP) is 3.75. The number of rotatable bonds is 9. The minimum atomic E-state index is 0.453. The fraction of sp³-hybridized carbons (Fsp3) is 1.00. The smallest absolute Gasteiger partial charge is 0.0590 e. The van der Waals surface area contributed by atoms with E-state index in [1.54, 1.807) is 0 Å². The second-order valence-electron chi connectivity index (χ2n) is 5.40. The summed E-state index contributed by atoms with van der Waals surface area (Å²) in [5.74, 6) is 0.737. The van der Waals surface area contributed by atoms with Gasteiger partial charge in [-0.25, -0.2) is 0 Å². The third kappa shape index (κ3) is 5.39. The van der Waals surface area contributed by atoms with E-state index in [9.17, 15) is 0 Å². The summed E-state index contributed by atoms with van der Waals surface area (Å²) in [6.45, 7) is 8.77. The summed E-state index contributed by atoms with van der Waals surface area (Å²) in [6, 6.07) is 0.680. The molecule has 0 spiro atoms. The van der Waals surface area contributed by atoms with Gasteiger partial charge in [0.15, 0.2) is 0 Å². The molecule has 0 bridgehead atoms. The van der Waals surface area contributed by atoms with E-state index in [2.05, 4.69) is 26.1 Å². The molecule has 0 radical (unpaired) electrons. The summed E-state index contributed by atoms with van der Waals surface area (Å²) in [4.78, 5) is 0. The molecule has 3 unspecified atom stereocenters. The Kier molecular flexibility index (Phi) is 7.87. The van der Waals surface area contributed by atoms with E-state index in [1.165, 1.54) is 44.9 Å². The van der Waals surface area contributed by atoms with Crippen molar-refractivity contribution in [3.63, 3.8) is 0 Å². The Morgan fingerprint density at radius 2 is 1.94 bits per heavy atom. The van der Waals surface area contributed by atoms with Crippen molar-refractivity contribution in [3.05, 3.63) is 0 Å². The highest BCUT2D eigenvalue weighted by Gasteiger charge is 2.30. The Hall–Kier alpha value is -0.0800. The van der Waals surface area contributed by atoms with E-state index >= 15 is 0 Å². The molecule has 1 N–H and O–H groups in total. The molecule has 0 saturated carbocycles. The molecule has 3 atom stereocenters. The number of unbranched alkanes of at least 4 members (excludes halogenated alkanes) is 4. The molecule has 102 valence electrons. The number of ether oxygens (including phenoxy) is 1. The second kappa shape index (κ2) is 8.93. The first-order valence-electron chi connectivity index (χ1n) is 7.64. The summed E-state index contributed by atoms with van der Waals surface area (Å²) in [6.07, 6.45) is 9.95. The van der Waals surface area contributed by atoms with Gasteiger partial charge in [0.1, 0.15) is 0 Å². The quantitative estimate of drug-likeness (QED) is 0.621. The maximum Gasteiger partial charge on any atom is 0.0590 e. The molecule has 1 heterocycles. The van der Waals surface area contributed by atoms with Crippen molar-refractivity contribution in [1.82, 2.24) is 5.32 Å². The molecule has 0 aromatic heterocycles. The lowest BCUT2D eigenvalue weighted by molar-refractivity contribution is 0.0941. The van der Waals surface area contributed by atoms with Crippen molar-refractivity contribution < 1.29 is 4.74 Å². The Labute approximate surface area is 108 Å². The highest BCUT2D eigenvalue weighted by molar-refractivity contribution is 4.84. The van der Waals surface area contributed by atoms with Crippen LogP contribution >= 0.6 is 0 Å². The topological polar surface area (TPSA) is 21.3 Å². The van der Waals surface area contributed by atoms with Crippen LogP contribution in [-0.2, 0) is 4.74 Å². The summed E-state index contributed by atoms with van der Waals surface area (Å²) in [5, 5.41) is 3.67. The zero-order chi connectivity index (χ0) is 12.5. The maximum absolute atomic E-state index is 5.70. The second-order valence-corrected chi connectivity index (χ2v) is 5.40. The van der Waals surface area contributed by atoms with Gasteiger partial charge in [0.2, 0.25) is 0 Å². The number of hydrogen-bond acceptors (Lipinski definition) is 2. The van der Waals surface area contributed by atoms with Crippen LogP contribution in [0.4, 0.5) is 0 Å². The van der Waals surface area contributed by atoms with Gasteiger partial charge in [-0.15, -0.1) is 0 Å². The average molecular weight is 241 g/mol. The summed E-state index contributed by atoms with van der Waals surface area (Å²) >= 11 is 0. The Bertz CT molecular complexity index is 184. The van der Waals surface area contributed by atoms with Gasteiger partial charge in [-0.3, -0.25) is 0 Å². The molecule has 1 rings (SSSR count). The first kappa shape index (κ1) is 15.0. The lowest BCUT2D eigenvalue weighted by Crippen LogP contribution is -2.39. The van der Waals surface area contributed by atoms with Crippen molar-refractivity contribution in [1.29, 1.82) is 0 Å². The standard InChI is InChI=1S/C15H31NO/c1-4-6-7-8-9-10-15(16-5-2)14-11-12-17-13(14)3/h13-16H,4-12H2,1-3H3. The molecule has 1 saturated heterocycles. The Morgan fingerprint density at radius 3 is 2.53 bits per heavy atom. The molecule has 2 nitrogen and oxygen atoms in total. The zero-order valence-electron chi connectivity index (χ0n) is 12.0. The van der Waals surface area contributed by atoms with E-state index in [1.807, 2.05) is 0 Å². The fourth-order valence-electron chi connectivity index (χ4n) is 2.97. The molecule has 1 aliphatic heterocycles. The third-order valence-corrected chi connectivity index (χ3v) is 4.04. The number of nitrogens with one attached hydrogen (secondary N) is 1. The summed E-state index contributed by atoms with van der Waals surface area (Å²) < 4.78 is 5.70. The van der Waals surface area contributed by atoms with Gasteiger partial charge < -0.3 is 10.1 Å². The van der Waals surface area contributed by atoms with E-state index in [-0.39, 0.29) is 0 Å². The molecule has 0 aliphatic carbocycles. The van der Waals surface area contributed by atoms with Gasteiger partial charge in [-0.1, -0.05) is 46.0 Å². The van der Waals surface area contributed by atoms with Crippen LogP contribution in [0.3, 0.4) is 0 Å². The third-order valence-electron chi connectivity index (χ3n) is 4.04. The summed E-state index contributed by atoms with van der Waals surface area (Å²) in [7, 11) is 0. The van der Waals surface area contributed by atoms with Crippen LogP contribution in [0.2, 0.25) is 0 Å². The monoisotopic (exact) mass is 241 g/mol. The van der Waals surface area contributed by atoms with Gasteiger partial charge in [0, 0.05) is 18.6 Å². The molecule has 0 aromatic carbocycles. The zero-order valence-corrected chi connectivity index (χ0v) is 12.0. The summed E-state index contributed by atoms with van der Waals surface area (Å²) in [5.41, 5.74) is 0. The van der Waals surface area contributed by atoms with E-state index in [4.69, 9.17) is 4.74 Å². The molecule has 0 amide bonds. The normalized spacial score (nSPS) is 26.3. The molecule has 17 heavy (non-hydrogen) atoms. The molecular formula is C15H31NO. The van der Waals surface area contributed by atoms with Crippen LogP contribution in [0, 0.1) is 5.92 Å². The van der Waals surface area contributed by atoms with Crippen molar-refractivity contribution >= 4 is 0 Å². The molecule has 0 aromatic rings. The van der Waals surface area contributed by atoms with Crippen molar-refractivity contribution in [2.75, 3.05) is 13.2 Å². The molecule has 1 aliphatic rings. The number of hydrogen-bond donors (Lipinski definition) is 1. The van der Waals surface area contributed by atoms with Crippen molar-refractivity contribution in [2.45, 2.75) is 77.9 Å². The Balaban J connectivity index is 2.22. The van der Waals surface area contributed by atoms with Crippen LogP contribution in [0.1, 0.15) is 65.7 Å². The fourth-order valence-corrected chi connectivity index (χ4v) is 2.97. The highest BCUT2D eigenvalue weighted by Crippen LogP contribution is 2.26. The van der Waals surface area contributed by atoms with Crippen LogP contribution in [0.15, 0.2) is 0 Å². The van der Waals surface area contributed by atoms with Crippen LogP contribution in [-0.4, -0.2) is 25.3 Å². The molecular weight excluding hydrogens is 210 g/mol. The maximum atomic E-state index is 5.70. The van der Waals surface area contributed by atoms with Crippen LogP contribution in [0.5, 0.6) is 0 Å². The minimum Gasteiger partial charge on any atom is -0.378 e. The van der Waals surface area contributed by atoms with E-state index in [0.29, 0.717) is 12.1 Å². The first-order chi connectivity index (χ1) is 8.29. The van der Waals surface area contributed by atoms with Crippen molar-refractivity contribution in [2.24, 2.45) is 5.92 Å². The highest BCUT2D eigenvalue weighted by atomic mass is 16.5. The first-order valence-corrected chi connectivity index (χ1v) is 7.64. The Morgan fingerprint density at radius 1 is 1.18 bits per heavy atom. The minimum absolute atomic E-state index is 0.453. The molecule has 1 fully saturated rings. The predicted molar refractivity (Wildman–Crippen MR) is 74.4 cm³/mol. The van der Waals surface area contributed by atoms with Gasteiger partial charge in [-0.05, 0) is 26.3 Å². The van der Waals surface area contributed by atoms with Gasteiger partial charge >= 0.3 is 0 Å². The van der Waals surface area contributed by atoms with Gasteiger partial charge in [0.05, 0.1) is 6.10 Å². The lowest BCUT2D eigenvalue weighted by atomic mass is 9.89. The van der Waals surface area contributed by atoms with E-state index in [0.717, 1.165) is 19.1 Å². The van der Waals surface area contributed by atoms with Crippen molar-refractivity contribution in [3.8, 4) is 0 Å². The average Bonchev–Trinajstić information content (AvgIpc) is 2.74. The SMILES string of the molecule is CCCCCCCC(NCC)C1CCOC1C. The van der Waals surface area contributed by atoms with Crippen LogP contribution < -0.4 is 5.32 Å². The van der Waals surface area contributed by atoms with Gasteiger partial charge in [-0.2, -0.15) is 0 Å². The largest absolute Gasteiger partial charge is 0.378 e. The van der Waals surface area contributed by atoms with E-state index < -0.39 is 0 Å².